The molecular formula is C14H30N2S. The van der Waals surface area contributed by atoms with E-state index < -0.39 is 0 Å². The van der Waals surface area contributed by atoms with Gasteiger partial charge in [-0.05, 0) is 38.4 Å². The second-order valence-corrected chi connectivity index (χ2v) is 7.01. The average molecular weight is 258 g/mol. The fourth-order valence-corrected chi connectivity index (χ4v) is 2.95. The van der Waals surface area contributed by atoms with E-state index in [2.05, 4.69) is 57.0 Å². The molecule has 0 amide bonds. The van der Waals surface area contributed by atoms with Crippen LogP contribution >= 0.6 is 12.6 Å². The molecule has 1 fully saturated rings. The van der Waals surface area contributed by atoms with E-state index in [1.165, 1.54) is 32.7 Å². The van der Waals surface area contributed by atoms with Gasteiger partial charge in [-0.2, -0.15) is 12.6 Å². The summed E-state index contributed by atoms with van der Waals surface area (Å²) in [6, 6.07) is 0. The highest BCUT2D eigenvalue weighted by Gasteiger charge is 2.26. The Labute approximate surface area is 113 Å². The minimum Gasteiger partial charge on any atom is -0.300 e. The molecule has 2 nitrogen and oxygen atoms in total. The maximum absolute atomic E-state index is 4.48. The van der Waals surface area contributed by atoms with E-state index in [9.17, 15) is 0 Å². The smallest absolute Gasteiger partial charge is 0.0126 e. The summed E-state index contributed by atoms with van der Waals surface area (Å²) in [4.78, 5) is 5.21. The number of hydrogen-bond donors (Lipinski definition) is 1. The molecule has 1 rings (SSSR count). The molecule has 1 heterocycles. The third-order valence-corrected chi connectivity index (χ3v) is 4.46. The molecule has 3 heteroatoms. The van der Waals surface area contributed by atoms with Crippen molar-refractivity contribution in [3.63, 3.8) is 0 Å². The fourth-order valence-electron chi connectivity index (χ4n) is 2.41. The minimum atomic E-state index is 0.326. The van der Waals surface area contributed by atoms with Crippen molar-refractivity contribution >= 4 is 12.6 Å². The van der Waals surface area contributed by atoms with Crippen molar-refractivity contribution in [2.45, 2.75) is 40.2 Å². The molecule has 1 aliphatic rings. The van der Waals surface area contributed by atoms with Crippen LogP contribution in [0.3, 0.4) is 0 Å². The summed E-state index contributed by atoms with van der Waals surface area (Å²) >= 11 is 4.48. The van der Waals surface area contributed by atoms with E-state index in [1.54, 1.807) is 0 Å². The zero-order valence-corrected chi connectivity index (χ0v) is 13.1. The first-order valence-corrected chi connectivity index (χ1v) is 7.56. The molecule has 0 aromatic heterocycles. The summed E-state index contributed by atoms with van der Waals surface area (Å²) in [6.07, 6.45) is 0. The summed E-state index contributed by atoms with van der Waals surface area (Å²) in [5.74, 6) is 2.49. The molecule has 0 bridgehead atoms. The SMILES string of the molecule is CC(C)C(CS)CN1CCN(C(C)(C)C)CC1. The van der Waals surface area contributed by atoms with Crippen molar-refractivity contribution in [2.24, 2.45) is 11.8 Å². The summed E-state index contributed by atoms with van der Waals surface area (Å²) < 4.78 is 0. The Morgan fingerprint density at radius 2 is 1.59 bits per heavy atom. The lowest BCUT2D eigenvalue weighted by atomic mass is 9.96. The molecule has 0 aliphatic carbocycles. The van der Waals surface area contributed by atoms with Gasteiger partial charge in [-0.25, -0.2) is 0 Å². The quantitative estimate of drug-likeness (QED) is 0.775. The second-order valence-electron chi connectivity index (χ2n) is 6.65. The van der Waals surface area contributed by atoms with Crippen LogP contribution in [0, 0.1) is 11.8 Å². The highest BCUT2D eigenvalue weighted by molar-refractivity contribution is 7.80. The molecule has 1 aliphatic heterocycles. The number of hydrogen-bond acceptors (Lipinski definition) is 3. The molecule has 0 aromatic carbocycles. The van der Waals surface area contributed by atoms with Crippen LogP contribution in [-0.4, -0.2) is 53.8 Å². The van der Waals surface area contributed by atoms with Gasteiger partial charge in [-0.1, -0.05) is 13.8 Å². The van der Waals surface area contributed by atoms with Gasteiger partial charge in [-0.3, -0.25) is 4.90 Å². The second kappa shape index (κ2) is 6.44. The van der Waals surface area contributed by atoms with Crippen molar-refractivity contribution in [2.75, 3.05) is 38.5 Å². The Hall–Kier alpha value is 0.270. The van der Waals surface area contributed by atoms with E-state index >= 15 is 0 Å². The normalized spacial score (nSPS) is 22.1. The van der Waals surface area contributed by atoms with E-state index in [4.69, 9.17) is 0 Å². The van der Waals surface area contributed by atoms with Crippen molar-refractivity contribution in [3.05, 3.63) is 0 Å². The molecule has 0 radical (unpaired) electrons. The molecule has 0 saturated carbocycles. The molecule has 1 unspecified atom stereocenters. The predicted octanol–water partition coefficient (Wildman–Crippen LogP) is 2.60. The lowest BCUT2D eigenvalue weighted by Crippen LogP contribution is -2.54. The first-order valence-electron chi connectivity index (χ1n) is 6.93. The lowest BCUT2D eigenvalue weighted by Gasteiger charge is -2.43. The third-order valence-electron chi connectivity index (χ3n) is 3.99. The van der Waals surface area contributed by atoms with Gasteiger partial charge in [0.05, 0.1) is 0 Å². The number of piperazine rings is 1. The first kappa shape index (κ1) is 15.3. The van der Waals surface area contributed by atoms with E-state index in [0.29, 0.717) is 5.54 Å². The average Bonchev–Trinajstić information content (AvgIpc) is 2.25. The topological polar surface area (TPSA) is 6.48 Å². The van der Waals surface area contributed by atoms with E-state index in [0.717, 1.165) is 17.6 Å². The van der Waals surface area contributed by atoms with E-state index in [1.807, 2.05) is 0 Å². The molecule has 0 aromatic rings. The lowest BCUT2D eigenvalue weighted by molar-refractivity contribution is 0.0536. The summed E-state index contributed by atoms with van der Waals surface area (Å²) in [5, 5.41) is 0. The van der Waals surface area contributed by atoms with Crippen LogP contribution in [0.25, 0.3) is 0 Å². The molecule has 1 atom stereocenters. The Kier molecular flexibility index (Phi) is 5.81. The van der Waals surface area contributed by atoms with E-state index in [-0.39, 0.29) is 0 Å². The third kappa shape index (κ3) is 4.80. The Morgan fingerprint density at radius 1 is 1.06 bits per heavy atom. The maximum Gasteiger partial charge on any atom is 0.0126 e. The Bertz CT molecular complexity index is 215. The van der Waals surface area contributed by atoms with Gasteiger partial charge in [0.15, 0.2) is 0 Å². The number of rotatable bonds is 4. The van der Waals surface area contributed by atoms with Crippen molar-refractivity contribution in [3.8, 4) is 0 Å². The van der Waals surface area contributed by atoms with Gasteiger partial charge in [0.25, 0.3) is 0 Å². The summed E-state index contributed by atoms with van der Waals surface area (Å²) in [5.41, 5.74) is 0.326. The highest BCUT2D eigenvalue weighted by atomic mass is 32.1. The monoisotopic (exact) mass is 258 g/mol. The van der Waals surface area contributed by atoms with Crippen molar-refractivity contribution in [1.29, 1.82) is 0 Å². The highest BCUT2D eigenvalue weighted by Crippen LogP contribution is 2.19. The number of nitrogens with zero attached hydrogens (tertiary/aromatic N) is 2. The number of thiol groups is 1. The van der Waals surface area contributed by atoms with Crippen LogP contribution in [0.15, 0.2) is 0 Å². The van der Waals surface area contributed by atoms with Crippen LogP contribution in [0.2, 0.25) is 0 Å². The fraction of sp³-hybridized carbons (Fsp3) is 1.00. The standard InChI is InChI=1S/C14H30N2S/c1-12(2)13(11-17)10-15-6-8-16(9-7-15)14(3,4)5/h12-13,17H,6-11H2,1-5H3. The van der Waals surface area contributed by atoms with Gasteiger partial charge in [0.2, 0.25) is 0 Å². The van der Waals surface area contributed by atoms with Crippen LogP contribution < -0.4 is 0 Å². The van der Waals surface area contributed by atoms with Gasteiger partial charge in [0, 0.05) is 38.3 Å². The minimum absolute atomic E-state index is 0.326. The summed E-state index contributed by atoms with van der Waals surface area (Å²) in [7, 11) is 0. The molecular weight excluding hydrogens is 228 g/mol. The van der Waals surface area contributed by atoms with Gasteiger partial charge in [-0.15, -0.1) is 0 Å². The van der Waals surface area contributed by atoms with Crippen LogP contribution in [-0.2, 0) is 0 Å². The molecule has 17 heavy (non-hydrogen) atoms. The van der Waals surface area contributed by atoms with Gasteiger partial charge in [0.1, 0.15) is 0 Å². The van der Waals surface area contributed by atoms with Crippen molar-refractivity contribution < 1.29 is 0 Å². The first-order chi connectivity index (χ1) is 7.84. The molecule has 1 saturated heterocycles. The van der Waals surface area contributed by atoms with Crippen molar-refractivity contribution in [1.82, 2.24) is 9.80 Å². The summed E-state index contributed by atoms with van der Waals surface area (Å²) in [6.45, 7) is 17.6. The molecule has 102 valence electrons. The molecule has 0 spiro atoms. The van der Waals surface area contributed by atoms with Crippen LogP contribution in [0.4, 0.5) is 0 Å². The molecule has 0 N–H and O–H groups in total. The Morgan fingerprint density at radius 3 is 1.94 bits per heavy atom. The zero-order chi connectivity index (χ0) is 13.1. The zero-order valence-electron chi connectivity index (χ0n) is 12.2. The predicted molar refractivity (Wildman–Crippen MR) is 79.9 cm³/mol. The van der Waals surface area contributed by atoms with Crippen LogP contribution in [0.5, 0.6) is 0 Å². The van der Waals surface area contributed by atoms with Gasteiger partial charge < -0.3 is 4.90 Å². The Balaban J connectivity index is 2.37. The van der Waals surface area contributed by atoms with Gasteiger partial charge >= 0.3 is 0 Å². The van der Waals surface area contributed by atoms with Crippen LogP contribution in [0.1, 0.15) is 34.6 Å². The maximum atomic E-state index is 4.48. The largest absolute Gasteiger partial charge is 0.300 e.